The topological polar surface area (TPSA) is 126 Å². The fourth-order valence-electron chi connectivity index (χ4n) is 1.82. The second-order valence-electron chi connectivity index (χ2n) is 4.46. The van der Waals surface area contributed by atoms with E-state index in [9.17, 15) is 25.9 Å². The molecule has 1 N–H and O–H groups in total. The quantitative estimate of drug-likeness (QED) is 0.507. The number of hydrogen-bond acceptors (Lipinski definition) is 7. The van der Waals surface area contributed by atoms with Gasteiger partial charge in [-0.05, 0) is 0 Å². The maximum absolute atomic E-state index is 10.7. The maximum atomic E-state index is 10.7. The Morgan fingerprint density at radius 2 is 1.70 bits per heavy atom. The Morgan fingerprint density at radius 3 is 2.20 bits per heavy atom. The molecule has 0 aromatic heterocycles. The van der Waals surface area contributed by atoms with E-state index in [-0.39, 0.29) is 10.5 Å². The van der Waals surface area contributed by atoms with Gasteiger partial charge in [0.2, 0.25) is 0 Å². The summed E-state index contributed by atoms with van der Waals surface area (Å²) in [6.07, 6.45) is 0. The molecule has 1 aliphatic heterocycles. The summed E-state index contributed by atoms with van der Waals surface area (Å²) in [6, 6.07) is 6.88. The molecule has 0 radical (unpaired) electrons. The van der Waals surface area contributed by atoms with Crippen molar-refractivity contribution >= 4 is 44.9 Å². The van der Waals surface area contributed by atoms with Gasteiger partial charge < -0.3 is 0 Å². The number of rotatable bonds is 6. The molecule has 112 valence electrons. The zero-order valence-electron chi connectivity index (χ0n) is 10.2. The Balaban J connectivity index is 1.93. The van der Waals surface area contributed by atoms with Crippen molar-refractivity contribution in [2.75, 3.05) is 16.9 Å². The molecular weight excluding hydrogens is 369 g/mol. The molecule has 0 amide bonds. The van der Waals surface area contributed by atoms with E-state index >= 15 is 0 Å². The molecule has 0 aliphatic carbocycles. The molecule has 10 heteroatoms. The van der Waals surface area contributed by atoms with Crippen LogP contribution in [0.2, 0.25) is 9.91 Å². The molecule has 2 unspecified atom stereocenters. The van der Waals surface area contributed by atoms with Gasteiger partial charge >= 0.3 is 122 Å². The van der Waals surface area contributed by atoms with E-state index in [0.29, 0.717) is 5.69 Å². The van der Waals surface area contributed by atoms with Crippen LogP contribution >= 0.6 is 0 Å². The van der Waals surface area contributed by atoms with Gasteiger partial charge in [0.05, 0.1) is 0 Å². The van der Waals surface area contributed by atoms with Crippen molar-refractivity contribution in [3.05, 3.63) is 24.3 Å². The van der Waals surface area contributed by atoms with Crippen molar-refractivity contribution < 1.29 is 25.9 Å². The van der Waals surface area contributed by atoms with Crippen LogP contribution in [0.4, 0.5) is 5.69 Å². The van der Waals surface area contributed by atoms with Crippen LogP contribution in [-0.4, -0.2) is 52.2 Å². The molecule has 0 bridgehead atoms. The summed E-state index contributed by atoms with van der Waals surface area (Å²) in [6.45, 7) is 0. The van der Waals surface area contributed by atoms with Gasteiger partial charge in [0.25, 0.3) is 0 Å². The summed E-state index contributed by atoms with van der Waals surface area (Å²) in [7, 11) is -8.48. The van der Waals surface area contributed by atoms with Crippen molar-refractivity contribution in [2.45, 2.75) is 9.91 Å². The minimum atomic E-state index is -4.32. The van der Waals surface area contributed by atoms with E-state index in [0.717, 1.165) is 9.56 Å². The molecule has 20 heavy (non-hydrogen) atoms. The van der Waals surface area contributed by atoms with Gasteiger partial charge in [-0.2, -0.15) is 0 Å². The molecule has 0 spiro atoms. The monoisotopic (exact) mass is 381 g/mol. The zero-order chi connectivity index (χ0) is 15.0. The third-order valence-corrected chi connectivity index (χ3v) is 10.0. The van der Waals surface area contributed by atoms with Crippen molar-refractivity contribution in [1.29, 1.82) is 0 Å². The Kier molecular flexibility index (Phi) is 4.46. The fourth-order valence-corrected chi connectivity index (χ4v) is 9.95. The molecule has 1 heterocycles. The average molecular weight is 381 g/mol. The van der Waals surface area contributed by atoms with Crippen LogP contribution in [-0.2, 0) is 20.2 Å². The minimum absolute atomic E-state index is 0.00540. The molecule has 2 rings (SSSR count). The van der Waals surface area contributed by atoms with Crippen molar-refractivity contribution in [1.82, 2.24) is 0 Å². The Labute approximate surface area is 122 Å². The first-order valence-corrected chi connectivity index (χ1v) is 12.1. The molecule has 1 aromatic rings. The first kappa shape index (κ1) is 15.8. The van der Waals surface area contributed by atoms with Gasteiger partial charge in [-0.1, -0.05) is 0 Å². The molecule has 1 aromatic carbocycles. The average Bonchev–Trinajstić information content (AvgIpc) is 3.03. The van der Waals surface area contributed by atoms with Crippen LogP contribution in [0.3, 0.4) is 0 Å². The number of anilines is 1. The van der Waals surface area contributed by atoms with Gasteiger partial charge in [-0.25, -0.2) is 0 Å². The molecular formula is C10H12AsNO6S2-2. The van der Waals surface area contributed by atoms with Gasteiger partial charge in [-0.3, -0.25) is 0 Å². The van der Waals surface area contributed by atoms with Gasteiger partial charge in [-0.15, -0.1) is 0 Å². The van der Waals surface area contributed by atoms with E-state index in [1.807, 2.05) is 0 Å². The van der Waals surface area contributed by atoms with Crippen molar-refractivity contribution in [3.8, 4) is 0 Å². The third kappa shape index (κ3) is 5.06. The summed E-state index contributed by atoms with van der Waals surface area (Å²) in [5.41, 5.74) is 0.511. The molecule has 0 saturated carbocycles. The fraction of sp³-hybridized carbons (Fsp3) is 0.400. The first-order valence-electron chi connectivity index (χ1n) is 5.62. The van der Waals surface area contributed by atoms with E-state index in [1.165, 1.54) is 0 Å². The van der Waals surface area contributed by atoms with Crippen molar-refractivity contribution in [2.24, 2.45) is 0 Å². The van der Waals surface area contributed by atoms with E-state index in [1.54, 1.807) is 24.3 Å². The van der Waals surface area contributed by atoms with Crippen LogP contribution in [0.25, 0.3) is 0 Å². The SMILES string of the molecule is O=S(=O)([O-])CNc1ccc([As]2CC2CS(=O)(=O)[O-])cc1. The van der Waals surface area contributed by atoms with Crippen LogP contribution in [0.5, 0.6) is 0 Å². The second-order valence-corrected chi connectivity index (χ2v) is 12.7. The third-order valence-electron chi connectivity index (χ3n) is 2.76. The van der Waals surface area contributed by atoms with Crippen molar-refractivity contribution in [3.63, 3.8) is 0 Å². The molecule has 1 saturated heterocycles. The number of benzene rings is 1. The summed E-state index contributed by atoms with van der Waals surface area (Å²) in [5.74, 6) is -0.966. The second kappa shape index (κ2) is 5.65. The van der Waals surface area contributed by atoms with Crippen LogP contribution in [0.15, 0.2) is 24.3 Å². The Morgan fingerprint density at radius 1 is 1.10 bits per heavy atom. The number of hydrogen-bond donors (Lipinski definition) is 1. The van der Waals surface area contributed by atoms with Gasteiger partial charge in [0, 0.05) is 0 Å². The number of nitrogens with one attached hydrogen (secondary N) is 1. The summed E-state index contributed by atoms with van der Waals surface area (Å²) < 4.78 is 64.4. The first-order chi connectivity index (χ1) is 9.14. The predicted octanol–water partition coefficient (Wildman–Crippen LogP) is -0.768. The summed E-state index contributed by atoms with van der Waals surface area (Å²) >= 11 is -1.42. The summed E-state index contributed by atoms with van der Waals surface area (Å²) in [4.78, 5) is 0. The van der Waals surface area contributed by atoms with E-state index < -0.39 is 40.8 Å². The van der Waals surface area contributed by atoms with Crippen LogP contribution in [0.1, 0.15) is 0 Å². The standard InChI is InChI=1S/C10H14AsNO6S2/c13-19(14,15)6-9-5-11(9)8-1-3-10(4-2-8)12-7-20(16,17)18/h1-4,9,12H,5-7H2,(H,13,14,15)(H,16,17,18)/p-2. The van der Waals surface area contributed by atoms with Crippen LogP contribution in [0, 0.1) is 0 Å². The van der Waals surface area contributed by atoms with Gasteiger partial charge in [0.15, 0.2) is 0 Å². The summed E-state index contributed by atoms with van der Waals surface area (Å²) in [5, 5.41) is 3.29. The Hall–Kier alpha value is -0.602. The van der Waals surface area contributed by atoms with E-state index in [2.05, 4.69) is 5.32 Å². The predicted molar refractivity (Wildman–Crippen MR) is 73.1 cm³/mol. The van der Waals surface area contributed by atoms with E-state index in [4.69, 9.17) is 0 Å². The Bertz CT molecular complexity index is 685. The zero-order valence-corrected chi connectivity index (χ0v) is 13.7. The molecule has 7 nitrogen and oxygen atoms in total. The molecule has 1 fully saturated rings. The van der Waals surface area contributed by atoms with Gasteiger partial charge in [0.1, 0.15) is 0 Å². The van der Waals surface area contributed by atoms with Crippen LogP contribution < -0.4 is 9.67 Å². The molecule has 1 aliphatic rings. The molecule has 2 atom stereocenters. The normalized spacial score (nSPS) is 22.5.